The number of nitrogens with zero attached hydrogens (tertiary/aromatic N) is 1. The average molecular weight is 238 g/mol. The number of rotatable bonds is 1. The number of carbonyl (C=O) groups is 1. The van der Waals surface area contributed by atoms with Gasteiger partial charge in [0.05, 0.1) is 5.92 Å². The molecule has 0 aromatic heterocycles. The van der Waals surface area contributed by atoms with Crippen LogP contribution in [0.15, 0.2) is 0 Å². The summed E-state index contributed by atoms with van der Waals surface area (Å²) in [6.45, 7) is 6.40. The molecule has 3 unspecified atom stereocenters. The zero-order valence-corrected chi connectivity index (χ0v) is 11.2. The number of carbonyl (C=O) groups excluding carboxylic acids is 1. The van der Waals surface area contributed by atoms with E-state index in [1.807, 2.05) is 0 Å². The second-order valence-corrected chi connectivity index (χ2v) is 6.20. The summed E-state index contributed by atoms with van der Waals surface area (Å²) in [5.41, 5.74) is 6.13. The first-order chi connectivity index (χ1) is 8.08. The highest BCUT2D eigenvalue weighted by Crippen LogP contribution is 2.30. The normalized spacial score (nSPS) is 35.9. The summed E-state index contributed by atoms with van der Waals surface area (Å²) in [6, 6.07) is 0.0954. The van der Waals surface area contributed by atoms with Crippen molar-refractivity contribution in [3.05, 3.63) is 0 Å². The fourth-order valence-corrected chi connectivity index (χ4v) is 3.15. The minimum absolute atomic E-state index is 0.0900. The molecule has 1 aliphatic heterocycles. The standard InChI is InChI=1S/C14H26N2O/c1-10-5-7-16(8-6-10)14(17)12-9-11(2)3-4-13(12)15/h10-13H,3-9,15H2,1-2H3. The molecule has 0 radical (unpaired) electrons. The van der Waals surface area contributed by atoms with Crippen LogP contribution in [0.5, 0.6) is 0 Å². The Labute approximate surface area is 105 Å². The molecule has 3 atom stereocenters. The minimum Gasteiger partial charge on any atom is -0.342 e. The lowest BCUT2D eigenvalue weighted by molar-refractivity contribution is -0.139. The van der Waals surface area contributed by atoms with Gasteiger partial charge in [0, 0.05) is 19.1 Å². The number of piperidine rings is 1. The van der Waals surface area contributed by atoms with Crippen LogP contribution in [0, 0.1) is 17.8 Å². The molecule has 0 bridgehead atoms. The summed E-state index contributed by atoms with van der Waals surface area (Å²) in [5, 5.41) is 0. The third-order valence-electron chi connectivity index (χ3n) is 4.58. The lowest BCUT2D eigenvalue weighted by atomic mass is 9.78. The molecule has 0 aromatic carbocycles. The smallest absolute Gasteiger partial charge is 0.227 e. The van der Waals surface area contributed by atoms with Gasteiger partial charge in [0.2, 0.25) is 5.91 Å². The van der Waals surface area contributed by atoms with E-state index in [1.54, 1.807) is 0 Å². The van der Waals surface area contributed by atoms with Crippen molar-refractivity contribution >= 4 is 5.91 Å². The van der Waals surface area contributed by atoms with Crippen LogP contribution < -0.4 is 5.73 Å². The number of amides is 1. The van der Waals surface area contributed by atoms with Crippen LogP contribution in [-0.2, 0) is 4.79 Å². The maximum Gasteiger partial charge on any atom is 0.227 e. The molecule has 1 heterocycles. The van der Waals surface area contributed by atoms with Gasteiger partial charge in [-0.1, -0.05) is 13.8 Å². The Morgan fingerprint density at radius 3 is 2.35 bits per heavy atom. The van der Waals surface area contributed by atoms with Crippen molar-refractivity contribution in [1.29, 1.82) is 0 Å². The van der Waals surface area contributed by atoms with Crippen LogP contribution in [0.1, 0.15) is 46.0 Å². The molecule has 2 fully saturated rings. The van der Waals surface area contributed by atoms with E-state index in [4.69, 9.17) is 5.73 Å². The molecule has 98 valence electrons. The predicted molar refractivity (Wildman–Crippen MR) is 69.5 cm³/mol. The van der Waals surface area contributed by atoms with Crippen LogP contribution in [0.25, 0.3) is 0 Å². The Morgan fingerprint density at radius 2 is 1.71 bits per heavy atom. The van der Waals surface area contributed by atoms with E-state index < -0.39 is 0 Å². The fraction of sp³-hybridized carbons (Fsp3) is 0.929. The monoisotopic (exact) mass is 238 g/mol. The zero-order valence-electron chi connectivity index (χ0n) is 11.2. The van der Waals surface area contributed by atoms with Gasteiger partial charge in [0.15, 0.2) is 0 Å². The molecule has 0 aromatic rings. The van der Waals surface area contributed by atoms with Crippen molar-refractivity contribution < 1.29 is 4.79 Å². The van der Waals surface area contributed by atoms with Crippen LogP contribution in [0.4, 0.5) is 0 Å². The van der Waals surface area contributed by atoms with Crippen LogP contribution in [0.3, 0.4) is 0 Å². The molecule has 1 saturated heterocycles. The lowest BCUT2D eigenvalue weighted by Crippen LogP contribution is -2.49. The van der Waals surface area contributed by atoms with Crippen molar-refractivity contribution in [2.75, 3.05) is 13.1 Å². The molecule has 2 rings (SSSR count). The highest BCUT2D eigenvalue weighted by molar-refractivity contribution is 5.79. The first-order valence-electron chi connectivity index (χ1n) is 7.12. The van der Waals surface area contributed by atoms with E-state index in [-0.39, 0.29) is 12.0 Å². The topological polar surface area (TPSA) is 46.3 Å². The molecular formula is C14H26N2O. The van der Waals surface area contributed by atoms with E-state index in [0.29, 0.717) is 11.8 Å². The summed E-state index contributed by atoms with van der Waals surface area (Å²) < 4.78 is 0. The van der Waals surface area contributed by atoms with E-state index >= 15 is 0 Å². The quantitative estimate of drug-likeness (QED) is 0.759. The van der Waals surface area contributed by atoms with Gasteiger partial charge < -0.3 is 10.6 Å². The second-order valence-electron chi connectivity index (χ2n) is 6.20. The average Bonchev–Trinajstić information content (AvgIpc) is 2.32. The Balaban J connectivity index is 1.94. The molecule has 2 N–H and O–H groups in total. The lowest BCUT2D eigenvalue weighted by Gasteiger charge is -2.37. The maximum absolute atomic E-state index is 12.5. The van der Waals surface area contributed by atoms with E-state index in [0.717, 1.165) is 44.7 Å². The van der Waals surface area contributed by atoms with Gasteiger partial charge in [0.25, 0.3) is 0 Å². The molecule has 3 heteroatoms. The van der Waals surface area contributed by atoms with Crippen LogP contribution >= 0.6 is 0 Å². The summed E-state index contributed by atoms with van der Waals surface area (Å²) in [6.07, 6.45) is 5.50. The van der Waals surface area contributed by atoms with Gasteiger partial charge in [-0.3, -0.25) is 4.79 Å². The molecule has 1 saturated carbocycles. The maximum atomic E-state index is 12.5. The molecule has 1 aliphatic carbocycles. The Kier molecular flexibility index (Phi) is 4.08. The number of hydrogen-bond acceptors (Lipinski definition) is 2. The molecule has 1 amide bonds. The molecule has 2 aliphatic rings. The Hall–Kier alpha value is -0.570. The van der Waals surface area contributed by atoms with E-state index in [2.05, 4.69) is 18.7 Å². The largest absolute Gasteiger partial charge is 0.342 e. The van der Waals surface area contributed by atoms with Gasteiger partial charge in [0.1, 0.15) is 0 Å². The van der Waals surface area contributed by atoms with Gasteiger partial charge in [-0.2, -0.15) is 0 Å². The van der Waals surface area contributed by atoms with Crippen molar-refractivity contribution in [3.63, 3.8) is 0 Å². The number of hydrogen-bond donors (Lipinski definition) is 1. The number of nitrogens with two attached hydrogens (primary N) is 1. The van der Waals surface area contributed by atoms with Gasteiger partial charge in [-0.05, 0) is 43.9 Å². The minimum atomic E-state index is 0.0900. The van der Waals surface area contributed by atoms with E-state index in [9.17, 15) is 4.79 Å². The summed E-state index contributed by atoms with van der Waals surface area (Å²) in [7, 11) is 0. The Bertz CT molecular complexity index is 271. The van der Waals surface area contributed by atoms with Crippen molar-refractivity contribution in [1.82, 2.24) is 4.90 Å². The Morgan fingerprint density at radius 1 is 1.06 bits per heavy atom. The predicted octanol–water partition coefficient (Wildman–Crippen LogP) is 2.01. The van der Waals surface area contributed by atoms with E-state index in [1.165, 1.54) is 6.42 Å². The summed E-state index contributed by atoms with van der Waals surface area (Å²) >= 11 is 0. The molecular weight excluding hydrogens is 212 g/mol. The summed E-state index contributed by atoms with van der Waals surface area (Å²) in [4.78, 5) is 14.5. The highest BCUT2D eigenvalue weighted by Gasteiger charge is 2.34. The van der Waals surface area contributed by atoms with Crippen molar-refractivity contribution in [2.45, 2.75) is 52.0 Å². The third-order valence-corrected chi connectivity index (χ3v) is 4.58. The molecule has 0 spiro atoms. The second kappa shape index (κ2) is 5.38. The highest BCUT2D eigenvalue weighted by atomic mass is 16.2. The van der Waals surface area contributed by atoms with Gasteiger partial charge >= 0.3 is 0 Å². The first-order valence-corrected chi connectivity index (χ1v) is 7.12. The molecule has 3 nitrogen and oxygen atoms in total. The van der Waals surface area contributed by atoms with Gasteiger partial charge in [-0.15, -0.1) is 0 Å². The van der Waals surface area contributed by atoms with Crippen molar-refractivity contribution in [3.8, 4) is 0 Å². The number of likely N-dealkylation sites (tertiary alicyclic amines) is 1. The van der Waals surface area contributed by atoms with Crippen LogP contribution in [-0.4, -0.2) is 29.9 Å². The zero-order chi connectivity index (χ0) is 12.4. The van der Waals surface area contributed by atoms with Gasteiger partial charge in [-0.25, -0.2) is 0 Å². The first kappa shape index (κ1) is 12.9. The third kappa shape index (κ3) is 3.01. The summed E-state index contributed by atoms with van der Waals surface area (Å²) in [5.74, 6) is 1.86. The molecule has 17 heavy (non-hydrogen) atoms. The van der Waals surface area contributed by atoms with Crippen LogP contribution in [0.2, 0.25) is 0 Å². The fourth-order valence-electron chi connectivity index (χ4n) is 3.15. The van der Waals surface area contributed by atoms with Crippen molar-refractivity contribution in [2.24, 2.45) is 23.5 Å². The SMILES string of the molecule is CC1CCN(C(=O)C2CC(C)CCC2N)CC1.